The molecule has 0 fully saturated rings. The third-order valence-corrected chi connectivity index (χ3v) is 1.95. The average molecular weight is 216 g/mol. The molecule has 0 aromatic carbocycles. The number of ketones is 1. The van der Waals surface area contributed by atoms with Crippen molar-refractivity contribution in [2.45, 2.75) is 39.0 Å². The van der Waals surface area contributed by atoms with Gasteiger partial charge in [-0.3, -0.25) is 9.59 Å². The van der Waals surface area contributed by atoms with E-state index in [1.54, 1.807) is 14.0 Å². The van der Waals surface area contributed by atoms with Gasteiger partial charge in [0.25, 0.3) is 0 Å². The molecule has 0 aliphatic heterocycles. The summed E-state index contributed by atoms with van der Waals surface area (Å²) in [6.07, 6.45) is 3.12. The van der Waals surface area contributed by atoms with Crippen LogP contribution in [-0.4, -0.2) is 32.1 Å². The van der Waals surface area contributed by atoms with E-state index in [4.69, 9.17) is 4.74 Å². The maximum Gasteiger partial charge on any atom is 0.313 e. The number of carbonyl (C=O) groups is 2. The summed E-state index contributed by atoms with van der Waals surface area (Å²) in [6, 6.07) is 0. The molecular formula is C11H20O4. The van der Waals surface area contributed by atoms with Crippen molar-refractivity contribution < 1.29 is 19.1 Å². The Morgan fingerprint density at radius 2 is 1.87 bits per heavy atom. The smallest absolute Gasteiger partial charge is 0.313 e. The lowest BCUT2D eigenvalue weighted by atomic mass is 10.1. The molecule has 4 heteroatoms. The molecule has 0 saturated carbocycles. The molecule has 0 atom stereocenters. The quantitative estimate of drug-likeness (QED) is 0.334. The molecule has 0 amide bonds. The van der Waals surface area contributed by atoms with Gasteiger partial charge in [-0.05, 0) is 19.8 Å². The van der Waals surface area contributed by atoms with E-state index in [1.807, 2.05) is 0 Å². The first-order valence-corrected chi connectivity index (χ1v) is 5.37. The van der Waals surface area contributed by atoms with Crippen LogP contribution in [0, 0.1) is 0 Å². The average Bonchev–Trinajstić information content (AvgIpc) is 2.17. The molecular weight excluding hydrogens is 196 g/mol. The number of esters is 1. The van der Waals surface area contributed by atoms with Crippen LogP contribution in [0.5, 0.6) is 0 Å². The van der Waals surface area contributed by atoms with Crippen LogP contribution in [0.3, 0.4) is 0 Å². The molecule has 0 unspecified atom stereocenters. The predicted octanol–water partition coefficient (Wildman–Crippen LogP) is 1.72. The van der Waals surface area contributed by atoms with Gasteiger partial charge >= 0.3 is 5.97 Å². The number of methoxy groups -OCH3 is 1. The summed E-state index contributed by atoms with van der Waals surface area (Å²) in [6.45, 7) is 2.79. The highest BCUT2D eigenvalue weighted by Gasteiger charge is 2.09. The van der Waals surface area contributed by atoms with Crippen LogP contribution in [0.4, 0.5) is 0 Å². The molecule has 0 bridgehead atoms. The van der Waals surface area contributed by atoms with E-state index in [0.717, 1.165) is 25.9 Å². The minimum absolute atomic E-state index is 0.0362. The second-order valence-corrected chi connectivity index (χ2v) is 3.32. The van der Waals surface area contributed by atoms with Crippen LogP contribution in [0.15, 0.2) is 0 Å². The lowest BCUT2D eigenvalue weighted by molar-refractivity contribution is -0.145. The van der Waals surface area contributed by atoms with Crippen LogP contribution < -0.4 is 0 Å². The van der Waals surface area contributed by atoms with Crippen LogP contribution >= 0.6 is 0 Å². The van der Waals surface area contributed by atoms with Gasteiger partial charge in [-0.1, -0.05) is 6.42 Å². The number of carbonyl (C=O) groups excluding carboxylic acids is 2. The normalized spacial score (nSPS) is 10.0. The fourth-order valence-electron chi connectivity index (χ4n) is 1.21. The Morgan fingerprint density at radius 1 is 1.13 bits per heavy atom. The van der Waals surface area contributed by atoms with Gasteiger partial charge in [0.1, 0.15) is 12.2 Å². The number of hydrogen-bond donors (Lipinski definition) is 0. The molecule has 0 aromatic rings. The number of hydrogen-bond acceptors (Lipinski definition) is 4. The molecule has 88 valence electrons. The highest BCUT2D eigenvalue weighted by Crippen LogP contribution is 2.03. The van der Waals surface area contributed by atoms with Crippen LogP contribution in [0.1, 0.15) is 39.0 Å². The molecule has 0 N–H and O–H groups in total. The lowest BCUT2D eigenvalue weighted by Gasteiger charge is -2.01. The SMILES string of the molecule is CCOC(=O)CC(=O)CCCCCOC. The molecule has 4 nitrogen and oxygen atoms in total. The van der Waals surface area contributed by atoms with Crippen LogP contribution in [-0.2, 0) is 19.1 Å². The van der Waals surface area contributed by atoms with Crippen molar-refractivity contribution in [2.24, 2.45) is 0 Å². The summed E-state index contributed by atoms with van der Waals surface area (Å²) in [5, 5.41) is 0. The number of rotatable bonds is 9. The molecule has 0 aliphatic carbocycles. The molecule has 15 heavy (non-hydrogen) atoms. The lowest BCUT2D eigenvalue weighted by Crippen LogP contribution is -2.10. The van der Waals surface area contributed by atoms with E-state index in [-0.39, 0.29) is 12.2 Å². The zero-order valence-electron chi connectivity index (χ0n) is 9.58. The Hall–Kier alpha value is -0.900. The van der Waals surface area contributed by atoms with E-state index in [9.17, 15) is 9.59 Å². The van der Waals surface area contributed by atoms with Gasteiger partial charge in [-0.25, -0.2) is 0 Å². The zero-order valence-corrected chi connectivity index (χ0v) is 9.58. The van der Waals surface area contributed by atoms with Crippen molar-refractivity contribution in [2.75, 3.05) is 20.3 Å². The number of Topliss-reactive ketones (excluding diaryl/α,β-unsaturated/α-hetero) is 1. The van der Waals surface area contributed by atoms with Crippen molar-refractivity contribution in [3.05, 3.63) is 0 Å². The summed E-state index contributed by atoms with van der Waals surface area (Å²) in [5.74, 6) is -0.453. The summed E-state index contributed by atoms with van der Waals surface area (Å²) in [4.78, 5) is 22.2. The Bertz CT molecular complexity index is 189. The highest BCUT2D eigenvalue weighted by molar-refractivity contribution is 5.95. The van der Waals surface area contributed by atoms with Gasteiger partial charge in [0, 0.05) is 20.1 Å². The Labute approximate surface area is 90.9 Å². The predicted molar refractivity (Wildman–Crippen MR) is 56.6 cm³/mol. The largest absolute Gasteiger partial charge is 0.466 e. The zero-order chi connectivity index (χ0) is 11.5. The number of unbranched alkanes of at least 4 members (excludes halogenated alkanes) is 2. The van der Waals surface area contributed by atoms with Gasteiger partial charge in [-0.2, -0.15) is 0 Å². The molecule has 0 radical (unpaired) electrons. The number of ether oxygens (including phenoxy) is 2. The summed E-state index contributed by atoms with van der Waals surface area (Å²) in [7, 11) is 1.66. The van der Waals surface area contributed by atoms with E-state index in [2.05, 4.69) is 4.74 Å². The van der Waals surface area contributed by atoms with E-state index >= 15 is 0 Å². The van der Waals surface area contributed by atoms with Crippen molar-refractivity contribution in [1.82, 2.24) is 0 Å². The first-order valence-electron chi connectivity index (χ1n) is 5.37. The van der Waals surface area contributed by atoms with E-state index in [0.29, 0.717) is 13.0 Å². The van der Waals surface area contributed by atoms with E-state index < -0.39 is 5.97 Å². The molecule has 0 aromatic heterocycles. The van der Waals surface area contributed by atoms with Gasteiger partial charge in [0.15, 0.2) is 0 Å². The monoisotopic (exact) mass is 216 g/mol. The van der Waals surface area contributed by atoms with Gasteiger partial charge in [0.2, 0.25) is 0 Å². The standard InChI is InChI=1S/C11H20O4/c1-3-15-11(13)9-10(12)7-5-4-6-8-14-2/h3-9H2,1-2H3. The maximum absolute atomic E-state index is 11.2. The van der Waals surface area contributed by atoms with Crippen molar-refractivity contribution in [3.8, 4) is 0 Å². The minimum Gasteiger partial charge on any atom is -0.466 e. The fraction of sp³-hybridized carbons (Fsp3) is 0.818. The minimum atomic E-state index is -0.417. The van der Waals surface area contributed by atoms with Crippen LogP contribution in [0.2, 0.25) is 0 Å². The van der Waals surface area contributed by atoms with Gasteiger partial charge in [-0.15, -0.1) is 0 Å². The topological polar surface area (TPSA) is 52.6 Å². The van der Waals surface area contributed by atoms with Crippen molar-refractivity contribution in [1.29, 1.82) is 0 Å². The van der Waals surface area contributed by atoms with Crippen LogP contribution in [0.25, 0.3) is 0 Å². The molecule has 0 heterocycles. The van der Waals surface area contributed by atoms with Crippen molar-refractivity contribution >= 4 is 11.8 Å². The first-order chi connectivity index (χ1) is 7.20. The first kappa shape index (κ1) is 14.1. The maximum atomic E-state index is 11.2. The Balaban J connectivity index is 3.37. The third-order valence-electron chi connectivity index (χ3n) is 1.95. The second-order valence-electron chi connectivity index (χ2n) is 3.32. The molecule has 0 rings (SSSR count). The second kappa shape index (κ2) is 9.65. The van der Waals surface area contributed by atoms with Gasteiger partial charge in [0.05, 0.1) is 6.61 Å². The highest BCUT2D eigenvalue weighted by atomic mass is 16.5. The Morgan fingerprint density at radius 3 is 2.47 bits per heavy atom. The molecule has 0 saturated heterocycles. The summed E-state index contributed by atoms with van der Waals surface area (Å²) < 4.78 is 9.56. The van der Waals surface area contributed by atoms with E-state index in [1.165, 1.54) is 0 Å². The van der Waals surface area contributed by atoms with Crippen molar-refractivity contribution in [3.63, 3.8) is 0 Å². The Kier molecular flexibility index (Phi) is 9.07. The molecule has 0 spiro atoms. The fourth-order valence-corrected chi connectivity index (χ4v) is 1.21. The third kappa shape index (κ3) is 9.41. The van der Waals surface area contributed by atoms with Gasteiger partial charge < -0.3 is 9.47 Å². The molecule has 0 aliphatic rings. The summed E-state index contributed by atoms with van der Waals surface area (Å²) >= 11 is 0. The summed E-state index contributed by atoms with van der Waals surface area (Å²) in [5.41, 5.74) is 0.